The van der Waals surface area contributed by atoms with Gasteiger partial charge in [0.05, 0.1) is 5.69 Å². The number of aromatic nitrogens is 1. The van der Waals surface area contributed by atoms with Gasteiger partial charge >= 0.3 is 12.1 Å². The Morgan fingerprint density at radius 1 is 1.17 bits per heavy atom. The number of hydrogen-bond donors (Lipinski definition) is 1. The standard InChI is InChI=1S/C22H25N3O4/c1-17-14-24(15-19-7-8-20(23-13-19)9-10-21(26)27)11-12-25(17)22(28)29-16-18-5-3-2-4-6-18/h2-10,13,17H,11-12,14-16H2,1H3,(H,26,27)/t17-/m0/s1. The predicted octanol–water partition coefficient (Wildman–Crippen LogP) is 3.02. The average molecular weight is 395 g/mol. The van der Waals surface area contributed by atoms with Crippen LogP contribution in [0.2, 0.25) is 0 Å². The summed E-state index contributed by atoms with van der Waals surface area (Å²) in [5.74, 6) is -0.995. The number of aliphatic carboxylic acids is 1. The van der Waals surface area contributed by atoms with Gasteiger partial charge in [-0.1, -0.05) is 36.4 Å². The number of carbonyl (C=O) groups excluding carboxylic acids is 1. The molecule has 1 atom stereocenters. The molecule has 7 heteroatoms. The molecule has 1 aliphatic heterocycles. The number of carboxylic acid groups (broad SMARTS) is 1. The van der Waals surface area contributed by atoms with E-state index in [4.69, 9.17) is 9.84 Å². The van der Waals surface area contributed by atoms with E-state index in [0.29, 0.717) is 12.2 Å². The number of carboxylic acids is 1. The molecule has 2 aromatic rings. The fourth-order valence-corrected chi connectivity index (χ4v) is 3.29. The van der Waals surface area contributed by atoms with Crippen molar-refractivity contribution in [1.82, 2.24) is 14.8 Å². The van der Waals surface area contributed by atoms with Crippen LogP contribution < -0.4 is 0 Å². The molecule has 7 nitrogen and oxygen atoms in total. The van der Waals surface area contributed by atoms with Crippen molar-refractivity contribution in [2.75, 3.05) is 19.6 Å². The number of piperazine rings is 1. The van der Waals surface area contributed by atoms with Crippen molar-refractivity contribution in [3.8, 4) is 0 Å². The summed E-state index contributed by atoms with van der Waals surface area (Å²) in [7, 11) is 0. The highest BCUT2D eigenvalue weighted by Crippen LogP contribution is 2.15. The molecule has 0 unspecified atom stereocenters. The van der Waals surface area contributed by atoms with Gasteiger partial charge in [-0.2, -0.15) is 0 Å². The summed E-state index contributed by atoms with van der Waals surface area (Å²) in [6.45, 7) is 5.15. The van der Waals surface area contributed by atoms with Gasteiger partial charge in [0.25, 0.3) is 0 Å². The zero-order valence-electron chi connectivity index (χ0n) is 16.4. The van der Waals surface area contributed by atoms with Crippen LogP contribution in [0.4, 0.5) is 4.79 Å². The number of hydrogen-bond acceptors (Lipinski definition) is 5. The van der Waals surface area contributed by atoms with E-state index in [9.17, 15) is 9.59 Å². The lowest BCUT2D eigenvalue weighted by atomic mass is 10.1. The van der Waals surface area contributed by atoms with Crippen LogP contribution in [0.3, 0.4) is 0 Å². The molecule has 0 spiro atoms. The average Bonchev–Trinajstić information content (AvgIpc) is 2.72. The normalized spacial score (nSPS) is 17.4. The molecule has 1 aromatic heterocycles. The van der Waals surface area contributed by atoms with E-state index in [1.54, 1.807) is 17.2 Å². The first-order valence-electron chi connectivity index (χ1n) is 9.57. The third kappa shape index (κ3) is 6.15. The quantitative estimate of drug-likeness (QED) is 0.757. The van der Waals surface area contributed by atoms with E-state index >= 15 is 0 Å². The molecule has 1 aromatic carbocycles. The summed E-state index contributed by atoms with van der Waals surface area (Å²) >= 11 is 0. The largest absolute Gasteiger partial charge is 0.478 e. The molecule has 1 fully saturated rings. The van der Waals surface area contributed by atoms with Crippen LogP contribution in [0.1, 0.15) is 23.7 Å². The third-order valence-corrected chi connectivity index (χ3v) is 4.80. The maximum absolute atomic E-state index is 12.4. The zero-order valence-corrected chi connectivity index (χ0v) is 16.4. The molecule has 1 saturated heterocycles. The van der Waals surface area contributed by atoms with Gasteiger partial charge in [-0.15, -0.1) is 0 Å². The Bertz CT molecular complexity index is 852. The summed E-state index contributed by atoms with van der Waals surface area (Å²) in [5.41, 5.74) is 2.63. The Morgan fingerprint density at radius 3 is 2.62 bits per heavy atom. The lowest BCUT2D eigenvalue weighted by Gasteiger charge is -2.39. The monoisotopic (exact) mass is 395 g/mol. The summed E-state index contributed by atoms with van der Waals surface area (Å²) in [6.07, 6.45) is 4.01. The minimum absolute atomic E-state index is 0.0535. The molecule has 3 rings (SSSR count). The van der Waals surface area contributed by atoms with Gasteiger partial charge < -0.3 is 14.7 Å². The Morgan fingerprint density at radius 2 is 1.97 bits per heavy atom. The Labute approximate surface area is 170 Å². The number of amides is 1. The molecular formula is C22H25N3O4. The number of nitrogens with zero attached hydrogens (tertiary/aromatic N) is 3. The minimum atomic E-state index is -0.995. The fraction of sp³-hybridized carbons (Fsp3) is 0.318. The van der Waals surface area contributed by atoms with Crippen molar-refractivity contribution in [2.24, 2.45) is 0 Å². The fourth-order valence-electron chi connectivity index (χ4n) is 3.29. The van der Waals surface area contributed by atoms with Gasteiger partial charge in [-0.3, -0.25) is 9.88 Å². The lowest BCUT2D eigenvalue weighted by Crippen LogP contribution is -2.53. The van der Waals surface area contributed by atoms with Crippen molar-refractivity contribution < 1.29 is 19.4 Å². The van der Waals surface area contributed by atoms with Gasteiger partial charge in [0.2, 0.25) is 0 Å². The number of carbonyl (C=O) groups is 2. The SMILES string of the molecule is C[C@H]1CN(Cc2ccc(C=CC(=O)O)nc2)CCN1C(=O)OCc1ccccc1. The maximum Gasteiger partial charge on any atom is 0.410 e. The van der Waals surface area contributed by atoms with Crippen molar-refractivity contribution >= 4 is 18.1 Å². The van der Waals surface area contributed by atoms with Crippen LogP contribution in [0, 0.1) is 0 Å². The van der Waals surface area contributed by atoms with Crippen molar-refractivity contribution in [3.05, 3.63) is 71.6 Å². The highest BCUT2D eigenvalue weighted by molar-refractivity contribution is 5.84. The predicted molar refractivity (Wildman–Crippen MR) is 109 cm³/mol. The summed E-state index contributed by atoms with van der Waals surface area (Å²) in [5, 5.41) is 8.66. The topological polar surface area (TPSA) is 83.0 Å². The molecule has 1 N–H and O–H groups in total. The molecule has 2 heterocycles. The van der Waals surface area contributed by atoms with Crippen LogP contribution in [0.5, 0.6) is 0 Å². The van der Waals surface area contributed by atoms with Gasteiger partial charge in [-0.05, 0) is 30.2 Å². The summed E-state index contributed by atoms with van der Waals surface area (Å²) in [4.78, 5) is 31.3. The number of benzene rings is 1. The van der Waals surface area contributed by atoms with E-state index < -0.39 is 5.97 Å². The zero-order chi connectivity index (χ0) is 20.6. The molecule has 0 radical (unpaired) electrons. The molecule has 1 amide bonds. The first kappa shape index (κ1) is 20.5. The van der Waals surface area contributed by atoms with Gasteiger partial charge in [0, 0.05) is 44.5 Å². The number of pyridine rings is 1. The summed E-state index contributed by atoms with van der Waals surface area (Å²) < 4.78 is 5.45. The summed E-state index contributed by atoms with van der Waals surface area (Å²) in [6, 6.07) is 13.5. The van der Waals surface area contributed by atoms with Crippen LogP contribution in [0.15, 0.2) is 54.7 Å². The maximum atomic E-state index is 12.4. The van der Waals surface area contributed by atoms with E-state index in [2.05, 4.69) is 9.88 Å². The van der Waals surface area contributed by atoms with E-state index in [0.717, 1.165) is 36.8 Å². The first-order valence-corrected chi connectivity index (χ1v) is 9.57. The van der Waals surface area contributed by atoms with E-state index in [-0.39, 0.29) is 18.7 Å². The molecule has 0 saturated carbocycles. The van der Waals surface area contributed by atoms with Crippen LogP contribution >= 0.6 is 0 Å². The van der Waals surface area contributed by atoms with E-state index in [1.807, 2.05) is 43.3 Å². The molecule has 1 aliphatic rings. The molecule has 0 aliphatic carbocycles. The molecule has 0 bridgehead atoms. The highest BCUT2D eigenvalue weighted by atomic mass is 16.6. The third-order valence-electron chi connectivity index (χ3n) is 4.80. The van der Waals surface area contributed by atoms with Crippen molar-refractivity contribution in [2.45, 2.75) is 26.1 Å². The molecule has 29 heavy (non-hydrogen) atoms. The lowest BCUT2D eigenvalue weighted by molar-refractivity contribution is -0.131. The minimum Gasteiger partial charge on any atom is -0.478 e. The van der Waals surface area contributed by atoms with Crippen LogP contribution in [-0.2, 0) is 22.7 Å². The Hall–Kier alpha value is -3.19. The second-order valence-corrected chi connectivity index (χ2v) is 7.08. The number of rotatable bonds is 6. The van der Waals surface area contributed by atoms with Crippen LogP contribution in [-0.4, -0.2) is 57.6 Å². The molecule has 152 valence electrons. The second-order valence-electron chi connectivity index (χ2n) is 7.08. The Balaban J connectivity index is 1.48. The highest BCUT2D eigenvalue weighted by Gasteiger charge is 2.28. The smallest absolute Gasteiger partial charge is 0.410 e. The number of ether oxygens (including phenoxy) is 1. The second kappa shape index (κ2) is 9.84. The van der Waals surface area contributed by atoms with Gasteiger partial charge in [0.1, 0.15) is 6.61 Å². The van der Waals surface area contributed by atoms with E-state index in [1.165, 1.54) is 6.08 Å². The van der Waals surface area contributed by atoms with Gasteiger partial charge in [-0.25, -0.2) is 9.59 Å². The Kier molecular flexibility index (Phi) is 6.97. The van der Waals surface area contributed by atoms with Crippen molar-refractivity contribution in [1.29, 1.82) is 0 Å². The van der Waals surface area contributed by atoms with Crippen molar-refractivity contribution in [3.63, 3.8) is 0 Å². The van der Waals surface area contributed by atoms with Gasteiger partial charge in [0.15, 0.2) is 0 Å². The first-order chi connectivity index (χ1) is 14.0. The molecular weight excluding hydrogens is 370 g/mol. The van der Waals surface area contributed by atoms with Crippen LogP contribution in [0.25, 0.3) is 6.08 Å².